The Hall–Kier alpha value is -0.420. The summed E-state index contributed by atoms with van der Waals surface area (Å²) in [6, 6.07) is 7.16. The Morgan fingerprint density at radius 2 is 2.00 bits per heavy atom. The van der Waals surface area contributed by atoms with E-state index in [0.717, 1.165) is 5.56 Å². The zero-order valence-electron chi connectivity index (χ0n) is 6.60. The second-order valence-electron chi connectivity index (χ2n) is 2.55. The molecule has 0 saturated heterocycles. The first-order chi connectivity index (χ1) is 6.13. The van der Waals surface area contributed by atoms with Gasteiger partial charge in [0.15, 0.2) is 0 Å². The lowest BCUT2D eigenvalue weighted by Gasteiger charge is -2.02. The molecule has 0 N–H and O–H groups in total. The zero-order chi connectivity index (χ0) is 9.84. The van der Waals surface area contributed by atoms with Crippen molar-refractivity contribution in [1.82, 2.24) is 0 Å². The molecule has 0 radical (unpaired) electrons. The van der Waals surface area contributed by atoms with Crippen molar-refractivity contribution in [2.45, 2.75) is 11.8 Å². The van der Waals surface area contributed by atoms with E-state index in [0.29, 0.717) is 16.5 Å². The van der Waals surface area contributed by atoms with Gasteiger partial charge in [-0.2, -0.15) is 5.26 Å². The van der Waals surface area contributed by atoms with Gasteiger partial charge in [0, 0.05) is 6.42 Å². The van der Waals surface area contributed by atoms with Gasteiger partial charge in [-0.3, -0.25) is 0 Å². The zero-order valence-corrected chi connectivity index (χ0v) is 8.87. The van der Waals surface area contributed by atoms with E-state index >= 15 is 0 Å². The van der Waals surface area contributed by atoms with Crippen LogP contribution in [0.5, 0.6) is 0 Å². The van der Waals surface area contributed by atoms with Crippen LogP contribution in [-0.2, 0) is 6.42 Å². The molecule has 13 heavy (non-hydrogen) atoms. The van der Waals surface area contributed by atoms with Gasteiger partial charge in [0.05, 0.1) is 16.1 Å². The number of benzene rings is 1. The standard InChI is InChI=1S/C9H6Cl3N/c10-7(5-13)3-6-1-2-8(11)9(12)4-6/h1-2,4,7H,3H2/t7-/m1/s1. The Kier molecular flexibility index (Phi) is 3.87. The van der Waals surface area contributed by atoms with Gasteiger partial charge in [0.1, 0.15) is 5.38 Å². The maximum atomic E-state index is 8.48. The molecule has 0 spiro atoms. The Balaban J connectivity index is 2.81. The first-order valence-electron chi connectivity index (χ1n) is 3.61. The lowest BCUT2D eigenvalue weighted by molar-refractivity contribution is 1.02. The summed E-state index contributed by atoms with van der Waals surface area (Å²) in [6.45, 7) is 0. The van der Waals surface area contributed by atoms with Crippen molar-refractivity contribution in [1.29, 1.82) is 5.26 Å². The third-order valence-electron chi connectivity index (χ3n) is 1.54. The van der Waals surface area contributed by atoms with Gasteiger partial charge in [-0.1, -0.05) is 29.3 Å². The Morgan fingerprint density at radius 3 is 2.54 bits per heavy atom. The van der Waals surface area contributed by atoms with Crippen LogP contribution in [0, 0.1) is 11.3 Å². The number of alkyl halides is 1. The summed E-state index contributed by atoms with van der Waals surface area (Å²) in [5, 5.41) is 8.96. The van der Waals surface area contributed by atoms with Gasteiger partial charge in [-0.25, -0.2) is 0 Å². The molecule has 1 aromatic carbocycles. The smallest absolute Gasteiger partial charge is 0.124 e. The molecule has 0 amide bonds. The Labute approximate surface area is 91.8 Å². The molecule has 0 bridgehead atoms. The van der Waals surface area contributed by atoms with Gasteiger partial charge in [-0.05, 0) is 17.7 Å². The predicted molar refractivity (Wildman–Crippen MR) is 55.4 cm³/mol. The van der Waals surface area contributed by atoms with Gasteiger partial charge in [-0.15, -0.1) is 11.6 Å². The van der Waals surface area contributed by atoms with Crippen molar-refractivity contribution in [2.75, 3.05) is 0 Å². The van der Waals surface area contributed by atoms with Crippen LogP contribution in [0.1, 0.15) is 5.56 Å². The van der Waals surface area contributed by atoms with Crippen LogP contribution in [0.4, 0.5) is 0 Å². The topological polar surface area (TPSA) is 23.8 Å². The van der Waals surface area contributed by atoms with Crippen molar-refractivity contribution >= 4 is 34.8 Å². The van der Waals surface area contributed by atoms with Gasteiger partial charge < -0.3 is 0 Å². The molecule has 0 aromatic heterocycles. The van der Waals surface area contributed by atoms with Crippen molar-refractivity contribution in [2.24, 2.45) is 0 Å². The predicted octanol–water partition coefficient (Wildman–Crippen LogP) is 3.67. The molecule has 0 aliphatic carbocycles. The minimum Gasteiger partial charge on any atom is -0.197 e. The summed E-state index contributed by atoms with van der Waals surface area (Å²) in [6.07, 6.45) is 0.481. The first-order valence-corrected chi connectivity index (χ1v) is 4.80. The SMILES string of the molecule is N#C[C@H](Cl)Cc1ccc(Cl)c(Cl)c1. The lowest BCUT2D eigenvalue weighted by Crippen LogP contribution is -1.99. The summed E-state index contributed by atoms with van der Waals surface area (Å²) < 4.78 is 0. The number of nitriles is 1. The number of halogens is 3. The molecular formula is C9H6Cl3N. The van der Waals surface area contributed by atoms with E-state index in [1.54, 1.807) is 18.2 Å². The number of hydrogen-bond donors (Lipinski definition) is 0. The van der Waals surface area contributed by atoms with Crippen LogP contribution in [0.15, 0.2) is 18.2 Å². The fraction of sp³-hybridized carbons (Fsp3) is 0.222. The second-order valence-corrected chi connectivity index (χ2v) is 3.89. The molecule has 68 valence electrons. The highest BCUT2D eigenvalue weighted by atomic mass is 35.5. The van der Waals surface area contributed by atoms with Crippen LogP contribution in [-0.4, -0.2) is 5.38 Å². The molecule has 1 rings (SSSR count). The highest BCUT2D eigenvalue weighted by Crippen LogP contribution is 2.23. The molecule has 1 atom stereocenters. The van der Waals surface area contributed by atoms with E-state index in [9.17, 15) is 0 Å². The third kappa shape index (κ3) is 3.08. The highest BCUT2D eigenvalue weighted by Gasteiger charge is 2.05. The average Bonchev–Trinajstić information content (AvgIpc) is 2.11. The van der Waals surface area contributed by atoms with Gasteiger partial charge >= 0.3 is 0 Å². The average molecular weight is 235 g/mol. The lowest BCUT2D eigenvalue weighted by atomic mass is 10.1. The monoisotopic (exact) mass is 233 g/mol. The van der Waals surface area contributed by atoms with Crippen LogP contribution in [0.3, 0.4) is 0 Å². The molecule has 0 unspecified atom stereocenters. The first kappa shape index (κ1) is 10.7. The van der Waals surface area contributed by atoms with Crippen molar-refractivity contribution < 1.29 is 0 Å². The van der Waals surface area contributed by atoms with E-state index < -0.39 is 5.38 Å². The Morgan fingerprint density at radius 1 is 1.31 bits per heavy atom. The van der Waals surface area contributed by atoms with E-state index in [1.807, 2.05) is 6.07 Å². The minimum absolute atomic E-state index is 0.481. The van der Waals surface area contributed by atoms with E-state index in [4.69, 9.17) is 40.1 Å². The van der Waals surface area contributed by atoms with Gasteiger partial charge in [0.25, 0.3) is 0 Å². The molecule has 0 fully saturated rings. The molecule has 4 heteroatoms. The Bertz CT molecular complexity index is 343. The summed E-state index contributed by atoms with van der Waals surface area (Å²) in [5.74, 6) is 0. The molecule has 1 aromatic rings. The molecule has 1 nitrogen and oxygen atoms in total. The van der Waals surface area contributed by atoms with E-state index in [2.05, 4.69) is 0 Å². The van der Waals surface area contributed by atoms with E-state index in [1.165, 1.54) is 0 Å². The summed E-state index contributed by atoms with van der Waals surface area (Å²) in [4.78, 5) is 0. The third-order valence-corrected chi connectivity index (χ3v) is 2.53. The van der Waals surface area contributed by atoms with Crippen molar-refractivity contribution in [3.63, 3.8) is 0 Å². The molecule has 0 aliphatic rings. The highest BCUT2D eigenvalue weighted by molar-refractivity contribution is 6.42. The second kappa shape index (κ2) is 4.72. The van der Waals surface area contributed by atoms with Crippen LogP contribution >= 0.6 is 34.8 Å². The van der Waals surface area contributed by atoms with Crippen molar-refractivity contribution in [3.8, 4) is 6.07 Å². The fourth-order valence-electron chi connectivity index (χ4n) is 0.919. The van der Waals surface area contributed by atoms with Crippen LogP contribution < -0.4 is 0 Å². The fourth-order valence-corrected chi connectivity index (χ4v) is 1.42. The normalized spacial score (nSPS) is 12.2. The molecular weight excluding hydrogens is 228 g/mol. The number of nitrogens with zero attached hydrogens (tertiary/aromatic N) is 1. The van der Waals surface area contributed by atoms with Crippen LogP contribution in [0.2, 0.25) is 10.0 Å². The van der Waals surface area contributed by atoms with E-state index in [-0.39, 0.29) is 0 Å². The summed E-state index contributed by atoms with van der Waals surface area (Å²) >= 11 is 17.2. The largest absolute Gasteiger partial charge is 0.197 e. The summed E-state index contributed by atoms with van der Waals surface area (Å²) in [5.41, 5.74) is 0.913. The summed E-state index contributed by atoms with van der Waals surface area (Å²) in [7, 11) is 0. The van der Waals surface area contributed by atoms with Crippen LogP contribution in [0.25, 0.3) is 0 Å². The quantitative estimate of drug-likeness (QED) is 0.716. The number of hydrogen-bond acceptors (Lipinski definition) is 1. The van der Waals surface area contributed by atoms with Gasteiger partial charge in [0.2, 0.25) is 0 Å². The molecule has 0 aliphatic heterocycles. The molecule has 0 heterocycles. The minimum atomic E-state index is -0.516. The molecule has 0 saturated carbocycles. The van der Waals surface area contributed by atoms with Crippen molar-refractivity contribution in [3.05, 3.63) is 33.8 Å². The number of rotatable bonds is 2. The maximum Gasteiger partial charge on any atom is 0.124 e. The maximum absolute atomic E-state index is 8.48.